The smallest absolute Gasteiger partial charge is 0.254 e. The van der Waals surface area contributed by atoms with Crippen LogP contribution in [0.5, 0.6) is 0 Å². The van der Waals surface area contributed by atoms with Crippen LogP contribution in [0, 0.1) is 12.3 Å². The standard InChI is InChI=1S/C17H22ClN3O2/c1-11-14(16(23)19-9-15(22)17(2,3)4)10-21(20-11)13-7-5-12(18)6-8-13/h5-8,10,15,22H,9H2,1-4H3,(H,19,23). The average Bonchev–Trinajstić information content (AvgIpc) is 2.86. The number of carbonyl (C=O) groups is 1. The molecule has 1 aromatic heterocycles. The van der Waals surface area contributed by atoms with Crippen molar-refractivity contribution in [3.05, 3.63) is 46.7 Å². The predicted molar refractivity (Wildman–Crippen MR) is 91.1 cm³/mol. The van der Waals surface area contributed by atoms with Crippen molar-refractivity contribution in [1.82, 2.24) is 15.1 Å². The summed E-state index contributed by atoms with van der Waals surface area (Å²) >= 11 is 5.88. The fraction of sp³-hybridized carbons (Fsp3) is 0.412. The van der Waals surface area contributed by atoms with Gasteiger partial charge in [0.1, 0.15) is 0 Å². The Morgan fingerprint density at radius 3 is 2.52 bits per heavy atom. The van der Waals surface area contributed by atoms with Gasteiger partial charge in [-0.2, -0.15) is 5.10 Å². The Balaban J connectivity index is 2.11. The zero-order chi connectivity index (χ0) is 17.2. The maximum Gasteiger partial charge on any atom is 0.254 e. The second kappa shape index (κ2) is 6.72. The molecule has 124 valence electrons. The van der Waals surface area contributed by atoms with Gasteiger partial charge in [0.15, 0.2) is 0 Å². The van der Waals surface area contributed by atoms with Gasteiger partial charge in [-0.25, -0.2) is 4.68 Å². The highest BCUT2D eigenvalue weighted by Gasteiger charge is 2.23. The van der Waals surface area contributed by atoms with E-state index < -0.39 is 6.10 Å². The summed E-state index contributed by atoms with van der Waals surface area (Å²) in [6.07, 6.45) is 1.07. The van der Waals surface area contributed by atoms with Crippen molar-refractivity contribution in [2.75, 3.05) is 6.54 Å². The third-order valence-electron chi connectivity index (χ3n) is 3.69. The minimum absolute atomic E-state index is 0.202. The summed E-state index contributed by atoms with van der Waals surface area (Å²) < 4.78 is 1.64. The van der Waals surface area contributed by atoms with E-state index in [1.165, 1.54) is 0 Å². The first-order chi connectivity index (χ1) is 10.7. The maximum atomic E-state index is 12.3. The van der Waals surface area contributed by atoms with Crippen LogP contribution in [0.2, 0.25) is 5.02 Å². The number of nitrogens with zero attached hydrogens (tertiary/aromatic N) is 2. The van der Waals surface area contributed by atoms with Crippen LogP contribution in [0.4, 0.5) is 0 Å². The molecule has 0 bridgehead atoms. The number of benzene rings is 1. The molecule has 0 saturated heterocycles. The van der Waals surface area contributed by atoms with Crippen LogP contribution in [0.15, 0.2) is 30.5 Å². The number of aliphatic hydroxyl groups is 1. The first-order valence-corrected chi connectivity index (χ1v) is 7.85. The second-order valence-electron chi connectivity index (χ2n) is 6.64. The summed E-state index contributed by atoms with van der Waals surface area (Å²) in [5.74, 6) is -0.244. The van der Waals surface area contributed by atoms with Gasteiger partial charge >= 0.3 is 0 Å². The molecule has 1 amide bonds. The molecule has 23 heavy (non-hydrogen) atoms. The molecule has 0 aliphatic carbocycles. The van der Waals surface area contributed by atoms with E-state index in [2.05, 4.69) is 10.4 Å². The quantitative estimate of drug-likeness (QED) is 0.902. The normalized spacial score (nSPS) is 13.0. The monoisotopic (exact) mass is 335 g/mol. The molecule has 1 aromatic carbocycles. The number of hydrogen-bond donors (Lipinski definition) is 2. The first kappa shape index (κ1) is 17.5. The lowest BCUT2D eigenvalue weighted by molar-refractivity contribution is 0.0586. The highest BCUT2D eigenvalue weighted by Crippen LogP contribution is 2.19. The number of rotatable bonds is 4. The lowest BCUT2D eigenvalue weighted by Crippen LogP contribution is -2.39. The van der Waals surface area contributed by atoms with Crippen LogP contribution in [-0.2, 0) is 0 Å². The Bertz CT molecular complexity index is 687. The average molecular weight is 336 g/mol. The Morgan fingerprint density at radius 1 is 1.35 bits per heavy atom. The van der Waals surface area contributed by atoms with Gasteiger partial charge in [-0.15, -0.1) is 0 Å². The molecular formula is C17H22ClN3O2. The Morgan fingerprint density at radius 2 is 1.96 bits per heavy atom. The third-order valence-corrected chi connectivity index (χ3v) is 3.94. The number of nitrogens with one attached hydrogen (secondary N) is 1. The molecule has 0 fully saturated rings. The van der Waals surface area contributed by atoms with E-state index in [0.717, 1.165) is 5.69 Å². The van der Waals surface area contributed by atoms with E-state index in [-0.39, 0.29) is 17.9 Å². The molecule has 0 spiro atoms. The van der Waals surface area contributed by atoms with Crippen molar-refractivity contribution in [1.29, 1.82) is 0 Å². The van der Waals surface area contributed by atoms with E-state index >= 15 is 0 Å². The van der Waals surface area contributed by atoms with Crippen molar-refractivity contribution in [2.45, 2.75) is 33.8 Å². The van der Waals surface area contributed by atoms with E-state index in [1.54, 1.807) is 29.9 Å². The molecule has 6 heteroatoms. The largest absolute Gasteiger partial charge is 0.391 e. The number of carbonyl (C=O) groups excluding carboxylic acids is 1. The molecule has 0 aliphatic rings. The molecule has 2 aromatic rings. The molecular weight excluding hydrogens is 314 g/mol. The molecule has 2 N–H and O–H groups in total. The first-order valence-electron chi connectivity index (χ1n) is 7.47. The highest BCUT2D eigenvalue weighted by atomic mass is 35.5. The van der Waals surface area contributed by atoms with Crippen molar-refractivity contribution >= 4 is 17.5 Å². The van der Waals surface area contributed by atoms with Crippen LogP contribution in [-0.4, -0.2) is 33.4 Å². The van der Waals surface area contributed by atoms with Crippen LogP contribution < -0.4 is 5.32 Å². The summed E-state index contributed by atoms with van der Waals surface area (Å²) in [4.78, 5) is 12.3. The van der Waals surface area contributed by atoms with Gasteiger partial charge < -0.3 is 10.4 Å². The zero-order valence-electron chi connectivity index (χ0n) is 13.8. The van der Waals surface area contributed by atoms with Gasteiger partial charge in [-0.3, -0.25) is 4.79 Å². The van der Waals surface area contributed by atoms with Gasteiger partial charge in [0.25, 0.3) is 5.91 Å². The van der Waals surface area contributed by atoms with Gasteiger partial charge in [0, 0.05) is 17.8 Å². The van der Waals surface area contributed by atoms with Gasteiger partial charge in [0.2, 0.25) is 0 Å². The molecule has 1 heterocycles. The van der Waals surface area contributed by atoms with Gasteiger partial charge in [-0.05, 0) is 36.6 Å². The maximum absolute atomic E-state index is 12.3. The Labute approximate surface area is 141 Å². The number of aryl methyl sites for hydroxylation is 1. The van der Waals surface area contributed by atoms with Gasteiger partial charge in [-0.1, -0.05) is 32.4 Å². The second-order valence-corrected chi connectivity index (χ2v) is 7.08. The molecule has 1 atom stereocenters. The number of hydrogen-bond acceptors (Lipinski definition) is 3. The Hall–Kier alpha value is -1.85. The highest BCUT2D eigenvalue weighted by molar-refractivity contribution is 6.30. The summed E-state index contributed by atoms with van der Waals surface area (Å²) in [7, 11) is 0. The summed E-state index contributed by atoms with van der Waals surface area (Å²) in [6, 6.07) is 7.21. The van der Waals surface area contributed by atoms with Crippen LogP contribution in [0.3, 0.4) is 0 Å². The van der Waals surface area contributed by atoms with E-state index in [0.29, 0.717) is 16.3 Å². The number of aliphatic hydroxyl groups excluding tert-OH is 1. The molecule has 0 saturated carbocycles. The molecule has 0 aliphatic heterocycles. The minimum atomic E-state index is -0.613. The summed E-state index contributed by atoms with van der Waals surface area (Å²) in [5, 5.41) is 17.8. The third kappa shape index (κ3) is 4.33. The summed E-state index contributed by atoms with van der Waals surface area (Å²) in [5.41, 5.74) is 1.66. The van der Waals surface area contributed by atoms with Crippen LogP contribution >= 0.6 is 11.6 Å². The van der Waals surface area contributed by atoms with Crippen LogP contribution in [0.1, 0.15) is 36.8 Å². The number of aromatic nitrogens is 2. The molecule has 2 rings (SSSR count). The van der Waals surface area contributed by atoms with Crippen LogP contribution in [0.25, 0.3) is 5.69 Å². The SMILES string of the molecule is Cc1nn(-c2ccc(Cl)cc2)cc1C(=O)NCC(O)C(C)(C)C. The van der Waals surface area contributed by atoms with Gasteiger partial charge in [0.05, 0.1) is 23.0 Å². The van der Waals surface area contributed by atoms with Crippen molar-refractivity contribution < 1.29 is 9.90 Å². The van der Waals surface area contributed by atoms with E-state index in [4.69, 9.17) is 11.6 Å². The van der Waals surface area contributed by atoms with Crippen molar-refractivity contribution in [3.8, 4) is 5.69 Å². The van der Waals surface area contributed by atoms with E-state index in [1.807, 2.05) is 32.9 Å². The lowest BCUT2D eigenvalue weighted by Gasteiger charge is -2.25. The Kier molecular flexibility index (Phi) is 5.12. The summed E-state index contributed by atoms with van der Waals surface area (Å²) in [6.45, 7) is 7.75. The fourth-order valence-electron chi connectivity index (χ4n) is 2.00. The number of halogens is 1. The van der Waals surface area contributed by atoms with E-state index in [9.17, 15) is 9.90 Å². The zero-order valence-corrected chi connectivity index (χ0v) is 14.6. The van der Waals surface area contributed by atoms with Crippen molar-refractivity contribution in [2.24, 2.45) is 5.41 Å². The topological polar surface area (TPSA) is 67.2 Å². The minimum Gasteiger partial charge on any atom is -0.391 e. The molecule has 1 unspecified atom stereocenters. The predicted octanol–water partition coefficient (Wildman–Crippen LogP) is 2.97. The van der Waals surface area contributed by atoms with Crippen molar-refractivity contribution in [3.63, 3.8) is 0 Å². The fourth-order valence-corrected chi connectivity index (χ4v) is 2.13. The molecule has 5 nitrogen and oxygen atoms in total. The molecule has 0 radical (unpaired) electrons. The lowest BCUT2D eigenvalue weighted by atomic mass is 9.89. The number of amides is 1.